The molecule has 1 heterocycles. The number of nitrogens with one attached hydrogen (secondary N) is 1. The average Bonchev–Trinajstić information content (AvgIpc) is 3.04. The lowest BCUT2D eigenvalue weighted by atomic mass is 10.2. The van der Waals surface area contributed by atoms with Crippen LogP contribution in [0.5, 0.6) is 0 Å². The minimum atomic E-state index is -0.480. The van der Waals surface area contributed by atoms with E-state index in [4.69, 9.17) is 16.3 Å². The van der Waals surface area contributed by atoms with Crippen LogP contribution in [-0.4, -0.2) is 27.2 Å². The molecular weight excluding hydrogens is 410 g/mol. The van der Waals surface area contributed by atoms with Crippen LogP contribution < -0.4 is 5.32 Å². The van der Waals surface area contributed by atoms with Gasteiger partial charge in [0.1, 0.15) is 17.6 Å². The summed E-state index contributed by atoms with van der Waals surface area (Å²) in [5.74, 6) is 0.0921. The fourth-order valence-electron chi connectivity index (χ4n) is 2.50. The van der Waals surface area contributed by atoms with Gasteiger partial charge in [-0.2, -0.15) is 0 Å². The first-order valence-electron chi connectivity index (χ1n) is 8.85. The van der Waals surface area contributed by atoms with E-state index >= 15 is 0 Å². The number of carbonyl (C=O) groups excluding carboxylic acids is 2. The van der Waals surface area contributed by atoms with Crippen LogP contribution in [-0.2, 0) is 23.2 Å². The highest BCUT2D eigenvalue weighted by molar-refractivity contribution is 8.00. The maximum absolute atomic E-state index is 12.5. The molecule has 0 radical (unpaired) electrons. The van der Waals surface area contributed by atoms with E-state index < -0.39 is 5.97 Å². The second-order valence-electron chi connectivity index (χ2n) is 6.33. The standard InChI is InChI=1S/C21H20ClN3O3S/c1-14-7-9-15(10-8-14)24-20(26)13-29-17-6-4-3-5-16(17)21(27)28-12-19-23-11-18(22)25(19)2/h3-11H,12-13H2,1-2H3,(H,24,26). The third kappa shape index (κ3) is 5.62. The normalized spacial score (nSPS) is 10.6. The lowest BCUT2D eigenvalue weighted by molar-refractivity contribution is -0.113. The monoisotopic (exact) mass is 429 g/mol. The third-order valence-corrected chi connectivity index (χ3v) is 5.59. The van der Waals surface area contributed by atoms with Crippen LogP contribution in [0, 0.1) is 6.92 Å². The Hall–Kier alpha value is -2.77. The van der Waals surface area contributed by atoms with Gasteiger partial charge in [0, 0.05) is 17.6 Å². The summed E-state index contributed by atoms with van der Waals surface area (Å²) >= 11 is 7.22. The van der Waals surface area contributed by atoms with E-state index in [0.29, 0.717) is 21.4 Å². The van der Waals surface area contributed by atoms with Crippen molar-refractivity contribution in [3.63, 3.8) is 0 Å². The van der Waals surface area contributed by atoms with Crippen LogP contribution in [0.4, 0.5) is 5.69 Å². The molecule has 0 saturated heterocycles. The number of rotatable bonds is 7. The van der Waals surface area contributed by atoms with E-state index in [1.165, 1.54) is 18.0 Å². The second-order valence-corrected chi connectivity index (χ2v) is 7.74. The van der Waals surface area contributed by atoms with Gasteiger partial charge < -0.3 is 14.6 Å². The van der Waals surface area contributed by atoms with Gasteiger partial charge in [0.25, 0.3) is 0 Å². The Bertz CT molecular complexity index is 1020. The van der Waals surface area contributed by atoms with Crippen molar-refractivity contribution in [2.24, 2.45) is 7.05 Å². The number of thioether (sulfide) groups is 1. The third-order valence-electron chi connectivity index (χ3n) is 4.16. The van der Waals surface area contributed by atoms with E-state index in [-0.39, 0.29) is 18.3 Å². The molecule has 0 unspecified atom stereocenters. The number of imidazole rings is 1. The zero-order valence-electron chi connectivity index (χ0n) is 16.0. The van der Waals surface area contributed by atoms with Gasteiger partial charge in [-0.05, 0) is 31.2 Å². The Morgan fingerprint density at radius 3 is 2.59 bits per heavy atom. The molecule has 3 aromatic rings. The van der Waals surface area contributed by atoms with Crippen molar-refractivity contribution in [2.45, 2.75) is 18.4 Å². The molecule has 0 aliphatic heterocycles. The summed E-state index contributed by atoms with van der Waals surface area (Å²) in [7, 11) is 1.75. The number of aryl methyl sites for hydroxylation is 1. The van der Waals surface area contributed by atoms with E-state index in [0.717, 1.165) is 11.3 Å². The average molecular weight is 430 g/mol. The Morgan fingerprint density at radius 2 is 1.90 bits per heavy atom. The molecule has 0 bridgehead atoms. The minimum absolute atomic E-state index is 0.00889. The summed E-state index contributed by atoms with van der Waals surface area (Å²) in [6.45, 7) is 1.99. The number of aromatic nitrogens is 2. The number of hydrogen-bond acceptors (Lipinski definition) is 5. The van der Waals surface area contributed by atoms with Gasteiger partial charge in [0.2, 0.25) is 5.91 Å². The van der Waals surface area contributed by atoms with Crippen molar-refractivity contribution < 1.29 is 14.3 Å². The first-order chi connectivity index (χ1) is 13.9. The van der Waals surface area contributed by atoms with Crippen LogP contribution in [0.1, 0.15) is 21.7 Å². The molecule has 0 atom stereocenters. The highest BCUT2D eigenvalue weighted by atomic mass is 35.5. The molecule has 0 fully saturated rings. The number of ether oxygens (including phenoxy) is 1. The number of anilines is 1. The number of amides is 1. The molecule has 1 amide bonds. The number of nitrogens with zero attached hydrogens (tertiary/aromatic N) is 2. The quantitative estimate of drug-likeness (QED) is 0.443. The van der Waals surface area contributed by atoms with E-state index in [2.05, 4.69) is 10.3 Å². The van der Waals surface area contributed by atoms with Gasteiger partial charge in [-0.15, -0.1) is 11.8 Å². The molecule has 2 aromatic carbocycles. The zero-order chi connectivity index (χ0) is 20.8. The zero-order valence-corrected chi connectivity index (χ0v) is 17.6. The van der Waals surface area contributed by atoms with Crippen molar-refractivity contribution in [1.82, 2.24) is 9.55 Å². The SMILES string of the molecule is Cc1ccc(NC(=O)CSc2ccccc2C(=O)OCc2ncc(Cl)n2C)cc1. The number of benzene rings is 2. The molecule has 0 saturated carbocycles. The topological polar surface area (TPSA) is 73.2 Å². The second kappa shape index (κ2) is 9.62. The summed E-state index contributed by atoms with van der Waals surface area (Å²) in [4.78, 5) is 29.5. The molecule has 1 N–H and O–H groups in total. The van der Waals surface area contributed by atoms with Gasteiger partial charge in [-0.3, -0.25) is 4.79 Å². The summed E-state index contributed by atoms with van der Waals surface area (Å²) in [5.41, 5.74) is 2.26. The lowest BCUT2D eigenvalue weighted by Gasteiger charge is -2.10. The largest absolute Gasteiger partial charge is 0.454 e. The van der Waals surface area contributed by atoms with Crippen molar-refractivity contribution in [3.8, 4) is 0 Å². The summed E-state index contributed by atoms with van der Waals surface area (Å²) in [6, 6.07) is 14.6. The van der Waals surface area contributed by atoms with Crippen LogP contribution >= 0.6 is 23.4 Å². The van der Waals surface area contributed by atoms with Gasteiger partial charge in [0.15, 0.2) is 0 Å². The fraction of sp³-hybridized carbons (Fsp3) is 0.190. The summed E-state index contributed by atoms with van der Waals surface area (Å²) in [5, 5.41) is 3.31. The maximum atomic E-state index is 12.5. The number of halogens is 1. The fourth-order valence-corrected chi connectivity index (χ4v) is 3.49. The number of carbonyl (C=O) groups is 2. The van der Waals surface area contributed by atoms with Gasteiger partial charge in [-0.25, -0.2) is 9.78 Å². The van der Waals surface area contributed by atoms with Crippen LogP contribution in [0.15, 0.2) is 59.6 Å². The molecule has 6 nitrogen and oxygen atoms in total. The first kappa shape index (κ1) is 21.0. The summed E-state index contributed by atoms with van der Waals surface area (Å²) < 4.78 is 7.01. The number of hydrogen-bond donors (Lipinski definition) is 1. The molecule has 0 aliphatic carbocycles. The Kier molecular flexibility index (Phi) is 6.95. The Morgan fingerprint density at radius 1 is 1.17 bits per heavy atom. The van der Waals surface area contributed by atoms with Crippen LogP contribution in [0.3, 0.4) is 0 Å². The predicted octanol–water partition coefficient (Wildman–Crippen LogP) is 4.47. The summed E-state index contributed by atoms with van der Waals surface area (Å²) in [6.07, 6.45) is 1.50. The van der Waals surface area contributed by atoms with Gasteiger partial charge >= 0.3 is 5.97 Å². The van der Waals surface area contributed by atoms with Crippen LogP contribution in [0.25, 0.3) is 0 Å². The molecule has 0 aliphatic rings. The Labute approximate surface area is 178 Å². The number of esters is 1. The van der Waals surface area contributed by atoms with Gasteiger partial charge in [0.05, 0.1) is 17.5 Å². The van der Waals surface area contributed by atoms with Crippen molar-refractivity contribution >= 4 is 40.9 Å². The van der Waals surface area contributed by atoms with E-state index in [1.54, 1.807) is 29.8 Å². The molecule has 8 heteroatoms. The maximum Gasteiger partial charge on any atom is 0.339 e. The van der Waals surface area contributed by atoms with Crippen LogP contribution in [0.2, 0.25) is 5.15 Å². The molecule has 3 rings (SSSR count). The lowest BCUT2D eigenvalue weighted by Crippen LogP contribution is -2.14. The van der Waals surface area contributed by atoms with E-state index in [9.17, 15) is 9.59 Å². The highest BCUT2D eigenvalue weighted by Gasteiger charge is 2.15. The first-order valence-corrected chi connectivity index (χ1v) is 10.2. The van der Waals surface area contributed by atoms with Crippen molar-refractivity contribution in [2.75, 3.05) is 11.1 Å². The molecule has 1 aromatic heterocycles. The smallest absolute Gasteiger partial charge is 0.339 e. The van der Waals surface area contributed by atoms with Crippen molar-refractivity contribution in [3.05, 3.63) is 76.8 Å². The minimum Gasteiger partial charge on any atom is -0.454 e. The van der Waals surface area contributed by atoms with Crippen molar-refractivity contribution in [1.29, 1.82) is 0 Å². The molecule has 29 heavy (non-hydrogen) atoms. The van der Waals surface area contributed by atoms with E-state index in [1.807, 2.05) is 37.3 Å². The molecule has 0 spiro atoms. The highest BCUT2D eigenvalue weighted by Crippen LogP contribution is 2.24. The predicted molar refractivity (Wildman–Crippen MR) is 114 cm³/mol. The molecule has 150 valence electrons. The Balaban J connectivity index is 1.59. The molecular formula is C21H20ClN3O3S. The van der Waals surface area contributed by atoms with Gasteiger partial charge in [-0.1, -0.05) is 41.4 Å².